The third-order valence-corrected chi connectivity index (χ3v) is 1.72. The van der Waals surface area contributed by atoms with Crippen molar-refractivity contribution in [1.82, 2.24) is 5.32 Å². The van der Waals surface area contributed by atoms with Gasteiger partial charge in [-0.05, 0) is 0 Å². The maximum absolute atomic E-state index is 10.3. The Morgan fingerprint density at radius 3 is 2.64 bits per heavy atom. The van der Waals surface area contributed by atoms with Crippen LogP contribution in [0.2, 0.25) is 0 Å². The number of carboxylic acids is 1. The van der Waals surface area contributed by atoms with Crippen molar-refractivity contribution in [2.24, 2.45) is 0 Å². The van der Waals surface area contributed by atoms with Crippen LogP contribution >= 0.6 is 12.4 Å². The van der Waals surface area contributed by atoms with Gasteiger partial charge in [0.2, 0.25) is 0 Å². The fraction of sp³-hybridized carbons (Fsp3) is 0.833. The summed E-state index contributed by atoms with van der Waals surface area (Å²) in [5.74, 6) is -0.792. The molecule has 66 valence electrons. The number of rotatable bonds is 2. The average Bonchev–Trinajstić information content (AvgIpc) is 2.34. The molecule has 1 fully saturated rings. The van der Waals surface area contributed by atoms with E-state index in [9.17, 15) is 4.79 Å². The molecule has 0 amide bonds. The van der Waals surface area contributed by atoms with Crippen molar-refractivity contribution in [3.63, 3.8) is 0 Å². The predicted molar refractivity (Wildman–Crippen MR) is 42.1 cm³/mol. The normalized spacial score (nSPS) is 29.5. The summed E-state index contributed by atoms with van der Waals surface area (Å²) >= 11 is 0. The second-order valence-electron chi connectivity index (χ2n) is 2.39. The molecule has 11 heavy (non-hydrogen) atoms. The van der Waals surface area contributed by atoms with Crippen LogP contribution in [0.25, 0.3) is 0 Å². The summed E-state index contributed by atoms with van der Waals surface area (Å²) in [6.07, 6.45) is 0.646. The highest BCUT2D eigenvalue weighted by Crippen LogP contribution is 2.08. The molecule has 0 aliphatic carbocycles. The summed E-state index contributed by atoms with van der Waals surface area (Å²) in [6, 6.07) is -0.412. The van der Waals surface area contributed by atoms with Gasteiger partial charge in [0, 0.05) is 20.1 Å². The summed E-state index contributed by atoms with van der Waals surface area (Å²) in [4.78, 5) is 10.3. The Hall–Kier alpha value is -0.320. The number of hydrogen-bond donors (Lipinski definition) is 2. The van der Waals surface area contributed by atoms with Gasteiger partial charge in [0.15, 0.2) is 0 Å². The van der Waals surface area contributed by atoms with E-state index in [2.05, 4.69) is 5.32 Å². The molecule has 4 nitrogen and oxygen atoms in total. The van der Waals surface area contributed by atoms with Gasteiger partial charge in [0.05, 0.1) is 6.10 Å². The summed E-state index contributed by atoms with van der Waals surface area (Å²) in [6.45, 7) is 0.646. The van der Waals surface area contributed by atoms with Crippen molar-refractivity contribution in [3.05, 3.63) is 0 Å². The van der Waals surface area contributed by atoms with Gasteiger partial charge < -0.3 is 15.2 Å². The Balaban J connectivity index is 0.000001000. The number of hydrogen-bond acceptors (Lipinski definition) is 3. The van der Waals surface area contributed by atoms with Gasteiger partial charge in [0.1, 0.15) is 6.04 Å². The Bertz CT molecular complexity index is 142. The molecule has 5 heteroatoms. The van der Waals surface area contributed by atoms with E-state index >= 15 is 0 Å². The average molecular weight is 182 g/mol. The highest BCUT2D eigenvalue weighted by Gasteiger charge is 2.28. The molecule has 0 spiro atoms. The number of nitrogens with one attached hydrogen (secondary N) is 1. The fourth-order valence-electron chi connectivity index (χ4n) is 1.07. The van der Waals surface area contributed by atoms with Gasteiger partial charge in [-0.1, -0.05) is 0 Å². The van der Waals surface area contributed by atoms with Gasteiger partial charge >= 0.3 is 5.97 Å². The molecule has 1 aliphatic heterocycles. The lowest BCUT2D eigenvalue weighted by Gasteiger charge is -2.03. The van der Waals surface area contributed by atoms with Gasteiger partial charge in [-0.2, -0.15) is 0 Å². The SMILES string of the molecule is CO[C@H]1CN[C@H](C(=O)O)C1.Cl. The van der Waals surface area contributed by atoms with Crippen molar-refractivity contribution in [1.29, 1.82) is 0 Å². The first kappa shape index (κ1) is 10.7. The Kier molecular flexibility index (Phi) is 4.40. The fourth-order valence-corrected chi connectivity index (χ4v) is 1.07. The first-order valence-corrected chi connectivity index (χ1v) is 3.23. The molecule has 0 saturated carbocycles. The standard InChI is InChI=1S/C6H11NO3.ClH/c1-10-4-2-5(6(8)9)7-3-4;/h4-5,7H,2-3H2,1H3,(H,8,9);1H/t4-,5+;/m1./s1. The topological polar surface area (TPSA) is 58.6 Å². The van der Waals surface area contributed by atoms with Crippen molar-refractivity contribution >= 4 is 18.4 Å². The van der Waals surface area contributed by atoms with E-state index in [1.54, 1.807) is 7.11 Å². The third-order valence-electron chi connectivity index (χ3n) is 1.72. The lowest BCUT2D eigenvalue weighted by molar-refractivity contribution is -0.139. The Morgan fingerprint density at radius 1 is 1.73 bits per heavy atom. The number of aliphatic carboxylic acids is 1. The molecule has 0 aromatic rings. The summed E-state index contributed by atoms with van der Waals surface area (Å²) in [5, 5.41) is 11.3. The molecule has 2 N–H and O–H groups in total. The quantitative estimate of drug-likeness (QED) is 0.623. The Morgan fingerprint density at radius 2 is 2.36 bits per heavy atom. The third kappa shape index (κ3) is 2.65. The Labute approximate surface area is 71.3 Å². The van der Waals surface area contributed by atoms with Crippen LogP contribution < -0.4 is 5.32 Å². The smallest absolute Gasteiger partial charge is 0.320 e. The van der Waals surface area contributed by atoms with Crippen LogP contribution in [0.1, 0.15) is 6.42 Å². The minimum Gasteiger partial charge on any atom is -0.480 e. The zero-order chi connectivity index (χ0) is 7.56. The molecule has 1 saturated heterocycles. The maximum Gasteiger partial charge on any atom is 0.320 e. The van der Waals surface area contributed by atoms with Crippen LogP contribution in [-0.2, 0) is 9.53 Å². The molecule has 0 radical (unpaired) electrons. The van der Waals surface area contributed by atoms with E-state index in [-0.39, 0.29) is 18.5 Å². The molecule has 0 aromatic carbocycles. The van der Waals surface area contributed by atoms with Crippen LogP contribution in [0, 0.1) is 0 Å². The lowest BCUT2D eigenvalue weighted by Crippen LogP contribution is -2.29. The van der Waals surface area contributed by atoms with E-state index in [1.807, 2.05) is 0 Å². The summed E-state index contributed by atoms with van der Waals surface area (Å²) < 4.78 is 4.97. The molecular formula is C6H12ClNO3. The number of methoxy groups -OCH3 is 1. The van der Waals surface area contributed by atoms with Gasteiger partial charge in [-0.15, -0.1) is 12.4 Å². The molecule has 1 heterocycles. The van der Waals surface area contributed by atoms with Crippen molar-refractivity contribution < 1.29 is 14.6 Å². The molecule has 0 unspecified atom stereocenters. The largest absolute Gasteiger partial charge is 0.480 e. The first-order chi connectivity index (χ1) is 4.74. The van der Waals surface area contributed by atoms with E-state index in [1.165, 1.54) is 0 Å². The molecule has 0 bridgehead atoms. The molecule has 0 aromatic heterocycles. The van der Waals surface area contributed by atoms with Crippen LogP contribution in [0.15, 0.2) is 0 Å². The maximum atomic E-state index is 10.3. The monoisotopic (exact) mass is 181 g/mol. The second-order valence-corrected chi connectivity index (χ2v) is 2.39. The molecule has 1 aliphatic rings. The van der Waals surface area contributed by atoms with Crippen molar-refractivity contribution in [2.75, 3.05) is 13.7 Å². The number of carbonyl (C=O) groups is 1. The summed E-state index contributed by atoms with van der Waals surface area (Å²) in [5.41, 5.74) is 0. The van der Waals surface area contributed by atoms with Gasteiger partial charge in [0.25, 0.3) is 0 Å². The van der Waals surface area contributed by atoms with Crippen LogP contribution in [0.3, 0.4) is 0 Å². The van der Waals surface area contributed by atoms with Crippen LogP contribution in [0.5, 0.6) is 0 Å². The van der Waals surface area contributed by atoms with Gasteiger partial charge in [-0.3, -0.25) is 4.79 Å². The van der Waals surface area contributed by atoms with Crippen molar-refractivity contribution in [3.8, 4) is 0 Å². The minimum atomic E-state index is -0.792. The predicted octanol–water partition coefficient (Wildman–Crippen LogP) is -0.130. The zero-order valence-electron chi connectivity index (χ0n) is 6.24. The second kappa shape index (κ2) is 4.54. The van der Waals surface area contributed by atoms with Crippen LogP contribution in [0.4, 0.5) is 0 Å². The molecule has 2 atom stereocenters. The number of halogens is 1. The highest BCUT2D eigenvalue weighted by atomic mass is 35.5. The highest BCUT2D eigenvalue weighted by molar-refractivity contribution is 5.85. The zero-order valence-corrected chi connectivity index (χ0v) is 7.06. The van der Waals surface area contributed by atoms with E-state index in [0.29, 0.717) is 13.0 Å². The number of carboxylic acid groups (broad SMARTS) is 1. The van der Waals surface area contributed by atoms with E-state index in [0.717, 1.165) is 0 Å². The van der Waals surface area contributed by atoms with E-state index < -0.39 is 12.0 Å². The molecule has 1 rings (SSSR count). The van der Waals surface area contributed by atoms with E-state index in [4.69, 9.17) is 9.84 Å². The van der Waals surface area contributed by atoms with Crippen molar-refractivity contribution in [2.45, 2.75) is 18.6 Å². The first-order valence-electron chi connectivity index (χ1n) is 3.23. The van der Waals surface area contributed by atoms with Gasteiger partial charge in [-0.25, -0.2) is 0 Å². The van der Waals surface area contributed by atoms with Crippen LogP contribution in [-0.4, -0.2) is 36.9 Å². The number of ether oxygens (including phenoxy) is 1. The summed E-state index contributed by atoms with van der Waals surface area (Å²) in [7, 11) is 1.59. The molecular weight excluding hydrogens is 170 g/mol. The lowest BCUT2D eigenvalue weighted by atomic mass is 10.2. The minimum absolute atomic E-state index is 0.